The zero-order chi connectivity index (χ0) is 16.4. The number of likely N-dealkylation sites (tertiary alicyclic amines) is 1. The highest BCUT2D eigenvalue weighted by atomic mass is 16.4. The molecule has 3 rings (SSSR count). The van der Waals surface area contributed by atoms with Crippen LogP contribution in [0.1, 0.15) is 28.8 Å². The Morgan fingerprint density at radius 1 is 1.26 bits per heavy atom. The molecule has 1 aromatic carbocycles. The van der Waals surface area contributed by atoms with E-state index in [4.69, 9.17) is 5.11 Å². The van der Waals surface area contributed by atoms with Crippen molar-refractivity contribution in [2.24, 2.45) is 5.92 Å². The van der Waals surface area contributed by atoms with Gasteiger partial charge in [-0.05, 0) is 43.5 Å². The molecule has 2 heterocycles. The standard InChI is InChI=1S/C16H18N4O3/c1-11-8-13(20-10-17-9-18-20)2-3-14(11)15(21)19-6-4-12(5-7-19)16(22)23/h2-3,8-10,12H,4-7H2,1H3,(H,22,23). The van der Waals surface area contributed by atoms with Gasteiger partial charge in [-0.3, -0.25) is 9.59 Å². The topological polar surface area (TPSA) is 88.3 Å². The zero-order valence-corrected chi connectivity index (χ0v) is 12.8. The van der Waals surface area contributed by atoms with Gasteiger partial charge in [0.05, 0.1) is 11.6 Å². The van der Waals surface area contributed by atoms with E-state index in [0.29, 0.717) is 31.5 Å². The fourth-order valence-corrected chi connectivity index (χ4v) is 2.87. The summed E-state index contributed by atoms with van der Waals surface area (Å²) in [4.78, 5) is 29.3. The van der Waals surface area contributed by atoms with Crippen LogP contribution in [0.5, 0.6) is 0 Å². The summed E-state index contributed by atoms with van der Waals surface area (Å²) in [6.45, 7) is 2.86. The highest BCUT2D eigenvalue weighted by Gasteiger charge is 2.28. The smallest absolute Gasteiger partial charge is 0.306 e. The van der Waals surface area contributed by atoms with E-state index in [2.05, 4.69) is 10.1 Å². The van der Waals surface area contributed by atoms with Gasteiger partial charge in [0, 0.05) is 18.7 Å². The van der Waals surface area contributed by atoms with Crippen molar-refractivity contribution in [3.63, 3.8) is 0 Å². The summed E-state index contributed by atoms with van der Waals surface area (Å²) in [6.07, 6.45) is 4.09. The summed E-state index contributed by atoms with van der Waals surface area (Å²) < 4.78 is 1.64. The van der Waals surface area contributed by atoms with Crippen molar-refractivity contribution in [3.8, 4) is 5.69 Å². The number of carbonyl (C=O) groups excluding carboxylic acids is 1. The maximum Gasteiger partial charge on any atom is 0.306 e. The molecule has 0 atom stereocenters. The van der Waals surface area contributed by atoms with Gasteiger partial charge in [0.25, 0.3) is 5.91 Å². The molecular weight excluding hydrogens is 296 g/mol. The normalized spacial score (nSPS) is 15.6. The molecule has 1 aliphatic heterocycles. The number of nitrogens with zero attached hydrogens (tertiary/aromatic N) is 4. The first-order valence-corrected chi connectivity index (χ1v) is 7.54. The number of aromatic nitrogens is 3. The number of carboxylic acids is 1. The number of carboxylic acid groups (broad SMARTS) is 1. The Hall–Kier alpha value is -2.70. The van der Waals surface area contributed by atoms with Crippen molar-refractivity contribution in [1.82, 2.24) is 19.7 Å². The number of rotatable bonds is 3. The third-order valence-electron chi connectivity index (χ3n) is 4.26. The van der Waals surface area contributed by atoms with Gasteiger partial charge in [-0.1, -0.05) is 0 Å². The van der Waals surface area contributed by atoms with E-state index in [9.17, 15) is 9.59 Å². The molecule has 1 fully saturated rings. The van der Waals surface area contributed by atoms with E-state index < -0.39 is 5.97 Å². The second-order valence-corrected chi connectivity index (χ2v) is 5.74. The predicted octanol–water partition coefficient (Wildman–Crippen LogP) is 1.51. The van der Waals surface area contributed by atoms with Crippen molar-refractivity contribution in [3.05, 3.63) is 42.0 Å². The third kappa shape index (κ3) is 3.08. The van der Waals surface area contributed by atoms with Crippen LogP contribution in [-0.2, 0) is 4.79 Å². The van der Waals surface area contributed by atoms with E-state index in [1.54, 1.807) is 22.0 Å². The van der Waals surface area contributed by atoms with Crippen LogP contribution >= 0.6 is 0 Å². The van der Waals surface area contributed by atoms with Crippen molar-refractivity contribution in [2.75, 3.05) is 13.1 Å². The summed E-state index contributed by atoms with van der Waals surface area (Å²) >= 11 is 0. The molecule has 0 unspecified atom stereocenters. The van der Waals surface area contributed by atoms with Gasteiger partial charge < -0.3 is 10.0 Å². The van der Waals surface area contributed by atoms with Crippen LogP contribution in [0.2, 0.25) is 0 Å². The quantitative estimate of drug-likeness (QED) is 0.928. The van der Waals surface area contributed by atoms with E-state index in [1.165, 1.54) is 6.33 Å². The molecule has 1 aromatic heterocycles. The maximum atomic E-state index is 12.6. The Labute approximate surface area is 133 Å². The Morgan fingerprint density at radius 2 is 2.00 bits per heavy atom. The number of hydrogen-bond acceptors (Lipinski definition) is 4. The van der Waals surface area contributed by atoms with Gasteiger partial charge in [-0.25, -0.2) is 9.67 Å². The minimum Gasteiger partial charge on any atom is -0.481 e. The Balaban J connectivity index is 1.74. The third-order valence-corrected chi connectivity index (χ3v) is 4.26. The van der Waals surface area contributed by atoms with Crippen LogP contribution in [0.25, 0.3) is 5.69 Å². The van der Waals surface area contributed by atoms with Crippen LogP contribution in [0.15, 0.2) is 30.9 Å². The van der Waals surface area contributed by atoms with Gasteiger partial charge in [-0.2, -0.15) is 5.10 Å². The highest BCUT2D eigenvalue weighted by molar-refractivity contribution is 5.96. The minimum absolute atomic E-state index is 0.0449. The molecule has 0 spiro atoms. The number of aryl methyl sites for hydroxylation is 1. The maximum absolute atomic E-state index is 12.6. The zero-order valence-electron chi connectivity index (χ0n) is 12.8. The number of benzene rings is 1. The number of aliphatic carboxylic acids is 1. The van der Waals surface area contributed by atoms with Crippen LogP contribution in [0.4, 0.5) is 0 Å². The molecule has 0 bridgehead atoms. The molecule has 2 aromatic rings. The number of piperidine rings is 1. The largest absolute Gasteiger partial charge is 0.481 e. The summed E-state index contributed by atoms with van der Waals surface area (Å²) in [5.41, 5.74) is 2.35. The Bertz CT molecular complexity index is 719. The van der Waals surface area contributed by atoms with Crippen molar-refractivity contribution < 1.29 is 14.7 Å². The summed E-state index contributed by atoms with van der Waals surface area (Å²) in [6, 6.07) is 5.52. The number of carbonyl (C=O) groups is 2. The lowest BCUT2D eigenvalue weighted by Gasteiger charge is -2.30. The van der Waals surface area contributed by atoms with E-state index >= 15 is 0 Å². The summed E-state index contributed by atoms with van der Waals surface area (Å²) in [5.74, 6) is -1.16. The SMILES string of the molecule is Cc1cc(-n2cncn2)ccc1C(=O)N1CCC(C(=O)O)CC1. The van der Waals surface area contributed by atoms with Crippen molar-refractivity contribution in [1.29, 1.82) is 0 Å². The van der Waals surface area contributed by atoms with Crippen LogP contribution in [0, 0.1) is 12.8 Å². The van der Waals surface area contributed by atoms with Crippen molar-refractivity contribution >= 4 is 11.9 Å². The highest BCUT2D eigenvalue weighted by Crippen LogP contribution is 2.21. The predicted molar refractivity (Wildman–Crippen MR) is 82.4 cm³/mol. The lowest BCUT2D eigenvalue weighted by atomic mass is 9.96. The van der Waals surface area contributed by atoms with E-state index in [-0.39, 0.29) is 11.8 Å². The van der Waals surface area contributed by atoms with Gasteiger partial charge in [0.1, 0.15) is 12.7 Å². The van der Waals surface area contributed by atoms with Gasteiger partial charge in [0.2, 0.25) is 0 Å². The van der Waals surface area contributed by atoms with Crippen LogP contribution in [-0.4, -0.2) is 49.7 Å². The van der Waals surface area contributed by atoms with E-state index in [0.717, 1.165) is 11.3 Å². The van der Waals surface area contributed by atoms with Gasteiger partial charge in [0.15, 0.2) is 0 Å². The lowest BCUT2D eigenvalue weighted by Crippen LogP contribution is -2.40. The van der Waals surface area contributed by atoms with Crippen LogP contribution in [0.3, 0.4) is 0 Å². The minimum atomic E-state index is -0.773. The Kier molecular flexibility index (Phi) is 4.10. The van der Waals surface area contributed by atoms with Crippen molar-refractivity contribution in [2.45, 2.75) is 19.8 Å². The number of amides is 1. The molecule has 1 aliphatic rings. The first-order chi connectivity index (χ1) is 11.1. The first-order valence-electron chi connectivity index (χ1n) is 7.54. The monoisotopic (exact) mass is 314 g/mol. The molecule has 1 saturated heterocycles. The molecule has 0 aliphatic carbocycles. The van der Waals surface area contributed by atoms with Gasteiger partial charge >= 0.3 is 5.97 Å². The average Bonchev–Trinajstić information content (AvgIpc) is 3.08. The van der Waals surface area contributed by atoms with E-state index in [1.807, 2.05) is 19.1 Å². The number of hydrogen-bond donors (Lipinski definition) is 1. The molecule has 0 saturated carbocycles. The molecular formula is C16H18N4O3. The molecule has 23 heavy (non-hydrogen) atoms. The van der Waals surface area contributed by atoms with Crippen LogP contribution < -0.4 is 0 Å². The average molecular weight is 314 g/mol. The Morgan fingerprint density at radius 3 is 2.57 bits per heavy atom. The molecule has 0 radical (unpaired) electrons. The molecule has 1 N–H and O–H groups in total. The molecule has 7 heteroatoms. The van der Waals surface area contributed by atoms with Gasteiger partial charge in [-0.15, -0.1) is 0 Å². The fourth-order valence-electron chi connectivity index (χ4n) is 2.87. The molecule has 7 nitrogen and oxygen atoms in total. The lowest BCUT2D eigenvalue weighted by molar-refractivity contribution is -0.143. The summed E-state index contributed by atoms with van der Waals surface area (Å²) in [7, 11) is 0. The second-order valence-electron chi connectivity index (χ2n) is 5.74. The summed E-state index contributed by atoms with van der Waals surface area (Å²) in [5, 5.41) is 13.1. The first kappa shape index (κ1) is 15.2. The molecule has 120 valence electrons. The second kappa shape index (κ2) is 6.20. The fraction of sp³-hybridized carbons (Fsp3) is 0.375. The molecule has 1 amide bonds.